The Balaban J connectivity index is 1.96. The first-order chi connectivity index (χ1) is 14.9. The van der Waals surface area contributed by atoms with Gasteiger partial charge in [-0.15, -0.1) is 6.58 Å². The van der Waals surface area contributed by atoms with Crippen LogP contribution in [0.5, 0.6) is 0 Å². The lowest BCUT2D eigenvalue weighted by molar-refractivity contribution is 0.690. The number of hydrogen-bond acceptors (Lipinski definition) is 3. The Bertz CT molecular complexity index is 1380. The molecule has 0 saturated heterocycles. The number of nitrogens with zero attached hydrogens (tertiary/aromatic N) is 4. The summed E-state index contributed by atoms with van der Waals surface area (Å²) in [6.07, 6.45) is 3.13. The number of hydrogen-bond donors (Lipinski definition) is 0. The second-order valence-electron chi connectivity index (χ2n) is 7.74. The van der Waals surface area contributed by atoms with Crippen molar-refractivity contribution >= 4 is 22.8 Å². The molecule has 0 fully saturated rings. The van der Waals surface area contributed by atoms with E-state index in [0.29, 0.717) is 34.3 Å². The molecule has 0 atom stereocenters. The predicted molar refractivity (Wildman–Crippen MR) is 124 cm³/mol. The maximum Gasteiger partial charge on any atom is 0.337 e. The summed E-state index contributed by atoms with van der Waals surface area (Å²) in [5.74, 6) is 0.373. The molecule has 2 heterocycles. The van der Waals surface area contributed by atoms with E-state index in [-0.39, 0.29) is 6.54 Å². The Morgan fingerprint density at radius 3 is 2.52 bits per heavy atom. The number of fused-ring (bicyclic) bond motifs is 1. The van der Waals surface area contributed by atoms with Crippen LogP contribution in [0.15, 0.2) is 77.1 Å². The van der Waals surface area contributed by atoms with Gasteiger partial charge in [0.2, 0.25) is 0 Å². The zero-order valence-corrected chi connectivity index (χ0v) is 18.2. The average molecular weight is 435 g/mol. The highest BCUT2D eigenvalue weighted by atomic mass is 35.5. The van der Waals surface area contributed by atoms with Gasteiger partial charge >= 0.3 is 5.69 Å². The molecule has 0 amide bonds. The molecular formula is C24H23ClN4O2. The quantitative estimate of drug-likeness (QED) is 0.423. The van der Waals surface area contributed by atoms with Gasteiger partial charge in [0, 0.05) is 18.1 Å². The third-order valence-corrected chi connectivity index (χ3v) is 5.51. The molecule has 0 aliphatic rings. The lowest BCUT2D eigenvalue weighted by atomic mass is 10.0. The maximum absolute atomic E-state index is 13.2. The molecule has 4 rings (SSSR count). The Kier molecular flexibility index (Phi) is 5.65. The molecule has 31 heavy (non-hydrogen) atoms. The zero-order chi connectivity index (χ0) is 22.1. The Labute approximate surface area is 184 Å². The van der Waals surface area contributed by atoms with Crippen molar-refractivity contribution in [2.45, 2.75) is 32.9 Å². The lowest BCUT2D eigenvalue weighted by Crippen LogP contribution is -2.39. The monoisotopic (exact) mass is 434 g/mol. The smallest absolute Gasteiger partial charge is 0.320 e. The SMILES string of the molecule is C=CCn1c(=O)c2c(ncn2Cc2cccc(Cl)c2)n(-c2ccc(C(C)C)cc2)c1=O. The molecular weight excluding hydrogens is 412 g/mol. The summed E-state index contributed by atoms with van der Waals surface area (Å²) in [7, 11) is 0. The first kappa shape index (κ1) is 20.9. The molecule has 0 aliphatic carbocycles. The van der Waals surface area contributed by atoms with Crippen molar-refractivity contribution in [3.05, 3.63) is 105 Å². The van der Waals surface area contributed by atoms with Crippen molar-refractivity contribution in [1.29, 1.82) is 0 Å². The summed E-state index contributed by atoms with van der Waals surface area (Å²) in [5.41, 5.74) is 2.60. The standard InChI is InChI=1S/C24H23ClN4O2/c1-4-12-28-23(30)21-22(26-15-27(21)14-17-6-5-7-19(25)13-17)29(24(28)31)20-10-8-18(9-11-20)16(2)3/h4-11,13,15-16H,1,12,14H2,2-3H3. The van der Waals surface area contributed by atoms with Crippen LogP contribution in [0, 0.1) is 0 Å². The van der Waals surface area contributed by atoms with Crippen molar-refractivity contribution < 1.29 is 0 Å². The molecule has 0 N–H and O–H groups in total. The van der Waals surface area contributed by atoms with E-state index in [4.69, 9.17) is 11.6 Å². The van der Waals surface area contributed by atoms with E-state index < -0.39 is 11.2 Å². The predicted octanol–water partition coefficient (Wildman–Crippen LogP) is 4.36. The van der Waals surface area contributed by atoms with Crippen molar-refractivity contribution in [2.24, 2.45) is 0 Å². The fraction of sp³-hybridized carbons (Fsp3) is 0.208. The van der Waals surface area contributed by atoms with Gasteiger partial charge in [-0.1, -0.05) is 55.8 Å². The summed E-state index contributed by atoms with van der Waals surface area (Å²) in [6.45, 7) is 8.44. The molecule has 2 aromatic carbocycles. The van der Waals surface area contributed by atoms with Gasteiger partial charge in [0.25, 0.3) is 5.56 Å². The molecule has 0 unspecified atom stereocenters. The summed E-state index contributed by atoms with van der Waals surface area (Å²) in [6, 6.07) is 15.2. The molecule has 0 bridgehead atoms. The lowest BCUT2D eigenvalue weighted by Gasteiger charge is -2.13. The Morgan fingerprint density at radius 2 is 1.87 bits per heavy atom. The van der Waals surface area contributed by atoms with Crippen LogP contribution in [0.1, 0.15) is 30.9 Å². The fourth-order valence-corrected chi connectivity index (χ4v) is 3.88. The summed E-state index contributed by atoms with van der Waals surface area (Å²) in [4.78, 5) is 30.9. The minimum Gasteiger partial charge on any atom is -0.320 e. The highest BCUT2D eigenvalue weighted by molar-refractivity contribution is 6.30. The van der Waals surface area contributed by atoms with E-state index in [9.17, 15) is 9.59 Å². The number of rotatable bonds is 6. The summed E-state index contributed by atoms with van der Waals surface area (Å²) >= 11 is 6.11. The first-order valence-corrected chi connectivity index (χ1v) is 10.4. The number of aromatic nitrogens is 4. The minimum atomic E-state index is -0.442. The maximum atomic E-state index is 13.2. The van der Waals surface area contributed by atoms with Crippen LogP contribution in [0.2, 0.25) is 5.02 Å². The van der Waals surface area contributed by atoms with Gasteiger partial charge in [-0.25, -0.2) is 14.3 Å². The molecule has 158 valence electrons. The van der Waals surface area contributed by atoms with Crippen LogP contribution < -0.4 is 11.2 Å². The normalized spacial score (nSPS) is 11.4. The average Bonchev–Trinajstić information content (AvgIpc) is 3.15. The molecule has 0 aliphatic heterocycles. The van der Waals surface area contributed by atoms with E-state index in [2.05, 4.69) is 25.4 Å². The number of halogens is 1. The zero-order valence-electron chi connectivity index (χ0n) is 17.5. The molecule has 0 saturated carbocycles. The van der Waals surface area contributed by atoms with Crippen molar-refractivity contribution in [3.8, 4) is 5.69 Å². The third-order valence-electron chi connectivity index (χ3n) is 5.27. The van der Waals surface area contributed by atoms with Gasteiger partial charge in [0.1, 0.15) is 0 Å². The third kappa shape index (κ3) is 3.86. The second kappa shape index (κ2) is 8.40. The molecule has 4 aromatic rings. The van der Waals surface area contributed by atoms with Crippen LogP contribution in [0.25, 0.3) is 16.9 Å². The summed E-state index contributed by atoms with van der Waals surface area (Å²) < 4.78 is 4.42. The van der Waals surface area contributed by atoms with E-state index in [1.807, 2.05) is 42.5 Å². The molecule has 0 spiro atoms. The Morgan fingerprint density at radius 1 is 1.13 bits per heavy atom. The van der Waals surface area contributed by atoms with E-state index >= 15 is 0 Å². The Hall–Kier alpha value is -3.38. The van der Waals surface area contributed by atoms with Gasteiger partial charge < -0.3 is 4.57 Å². The van der Waals surface area contributed by atoms with Gasteiger partial charge in [-0.3, -0.25) is 9.36 Å². The minimum absolute atomic E-state index is 0.111. The molecule has 7 heteroatoms. The second-order valence-corrected chi connectivity index (χ2v) is 8.18. The highest BCUT2D eigenvalue weighted by Gasteiger charge is 2.19. The largest absolute Gasteiger partial charge is 0.337 e. The topological polar surface area (TPSA) is 61.8 Å². The van der Waals surface area contributed by atoms with E-state index in [1.165, 1.54) is 14.7 Å². The van der Waals surface area contributed by atoms with Crippen molar-refractivity contribution in [3.63, 3.8) is 0 Å². The van der Waals surface area contributed by atoms with Gasteiger partial charge in [0.05, 0.1) is 12.0 Å². The van der Waals surface area contributed by atoms with Gasteiger partial charge in [-0.2, -0.15) is 0 Å². The summed E-state index contributed by atoms with van der Waals surface area (Å²) in [5, 5.41) is 0.619. The van der Waals surface area contributed by atoms with E-state index in [1.54, 1.807) is 23.0 Å². The van der Waals surface area contributed by atoms with Crippen LogP contribution >= 0.6 is 11.6 Å². The van der Waals surface area contributed by atoms with Gasteiger partial charge in [0.15, 0.2) is 11.2 Å². The van der Waals surface area contributed by atoms with Crippen LogP contribution in [-0.2, 0) is 13.1 Å². The van der Waals surface area contributed by atoms with Crippen LogP contribution in [-0.4, -0.2) is 18.7 Å². The van der Waals surface area contributed by atoms with Crippen molar-refractivity contribution in [2.75, 3.05) is 0 Å². The molecule has 2 aromatic heterocycles. The number of imidazole rings is 1. The molecule has 6 nitrogen and oxygen atoms in total. The van der Waals surface area contributed by atoms with Crippen LogP contribution in [0.4, 0.5) is 0 Å². The first-order valence-electron chi connectivity index (χ1n) is 10.1. The van der Waals surface area contributed by atoms with E-state index in [0.717, 1.165) is 5.56 Å². The van der Waals surface area contributed by atoms with Crippen molar-refractivity contribution in [1.82, 2.24) is 18.7 Å². The number of allylic oxidation sites excluding steroid dienone is 1. The van der Waals surface area contributed by atoms with Gasteiger partial charge in [-0.05, 0) is 41.3 Å². The highest BCUT2D eigenvalue weighted by Crippen LogP contribution is 2.19. The fourth-order valence-electron chi connectivity index (χ4n) is 3.66. The number of benzene rings is 2. The molecule has 0 radical (unpaired) electrons. The van der Waals surface area contributed by atoms with Crippen LogP contribution in [0.3, 0.4) is 0 Å².